The fourth-order valence-electron chi connectivity index (χ4n) is 3.41. The zero-order valence-corrected chi connectivity index (χ0v) is 15.0. The van der Waals surface area contributed by atoms with Crippen LogP contribution in [0.5, 0.6) is 5.75 Å². The lowest BCUT2D eigenvalue weighted by atomic mass is 10.1. The van der Waals surface area contributed by atoms with Crippen LogP contribution in [0, 0.1) is 0 Å². The molecule has 4 nitrogen and oxygen atoms in total. The van der Waals surface area contributed by atoms with Crippen molar-refractivity contribution in [3.63, 3.8) is 0 Å². The van der Waals surface area contributed by atoms with E-state index in [4.69, 9.17) is 9.15 Å². The summed E-state index contributed by atoms with van der Waals surface area (Å²) in [5.41, 5.74) is 2.35. The van der Waals surface area contributed by atoms with E-state index < -0.39 is 0 Å². The topological polar surface area (TPSA) is 51.5 Å². The van der Waals surface area contributed by atoms with Gasteiger partial charge in [-0.2, -0.15) is 0 Å². The van der Waals surface area contributed by atoms with Crippen LogP contribution >= 0.6 is 0 Å². The van der Waals surface area contributed by atoms with Crippen molar-refractivity contribution in [1.29, 1.82) is 0 Å². The number of benzene rings is 4. The van der Waals surface area contributed by atoms with E-state index in [1.54, 1.807) is 0 Å². The van der Waals surface area contributed by atoms with Crippen molar-refractivity contribution < 1.29 is 13.9 Å². The third-order valence-corrected chi connectivity index (χ3v) is 4.75. The number of nitrogens with one attached hydrogen (secondary N) is 1. The van der Waals surface area contributed by atoms with Crippen molar-refractivity contribution in [2.75, 3.05) is 11.9 Å². The lowest BCUT2D eigenvalue weighted by Gasteiger charge is -2.08. The lowest BCUT2D eigenvalue weighted by Crippen LogP contribution is -2.20. The highest BCUT2D eigenvalue weighted by molar-refractivity contribution is 6.07. The van der Waals surface area contributed by atoms with E-state index in [-0.39, 0.29) is 12.5 Å². The molecule has 1 aromatic heterocycles. The van der Waals surface area contributed by atoms with E-state index in [1.807, 2.05) is 84.9 Å². The fraction of sp³-hybridized carbons (Fsp3) is 0.0417. The summed E-state index contributed by atoms with van der Waals surface area (Å²) in [4.78, 5) is 12.3. The van der Waals surface area contributed by atoms with Crippen LogP contribution in [0.2, 0.25) is 0 Å². The molecular weight excluding hydrogens is 350 g/mol. The molecule has 0 radical (unpaired) electrons. The molecule has 0 aliphatic rings. The van der Waals surface area contributed by atoms with Gasteiger partial charge in [0.1, 0.15) is 16.9 Å². The first-order chi connectivity index (χ1) is 13.8. The van der Waals surface area contributed by atoms with Crippen LogP contribution in [0.1, 0.15) is 0 Å². The van der Waals surface area contributed by atoms with Gasteiger partial charge in [0.25, 0.3) is 5.91 Å². The second kappa shape index (κ2) is 6.74. The van der Waals surface area contributed by atoms with Crippen LogP contribution < -0.4 is 10.1 Å². The molecule has 5 rings (SSSR count). The van der Waals surface area contributed by atoms with Gasteiger partial charge in [0, 0.05) is 16.5 Å². The van der Waals surface area contributed by atoms with Gasteiger partial charge in [0.2, 0.25) is 0 Å². The van der Waals surface area contributed by atoms with Crippen LogP contribution in [0.3, 0.4) is 0 Å². The average molecular weight is 367 g/mol. The second-order valence-corrected chi connectivity index (χ2v) is 6.65. The number of furan rings is 1. The Hall–Kier alpha value is -3.79. The Morgan fingerprint density at radius 3 is 2.50 bits per heavy atom. The van der Waals surface area contributed by atoms with E-state index in [2.05, 4.69) is 5.32 Å². The van der Waals surface area contributed by atoms with Crippen molar-refractivity contribution in [2.24, 2.45) is 0 Å². The number of carbonyl (C=O) groups excluding carboxylic acids is 1. The van der Waals surface area contributed by atoms with Gasteiger partial charge in [-0.25, -0.2) is 0 Å². The van der Waals surface area contributed by atoms with Crippen LogP contribution in [0.25, 0.3) is 32.7 Å². The van der Waals surface area contributed by atoms with Crippen molar-refractivity contribution in [2.45, 2.75) is 0 Å². The first kappa shape index (κ1) is 16.4. The molecule has 1 heterocycles. The van der Waals surface area contributed by atoms with Crippen molar-refractivity contribution in [3.05, 3.63) is 84.9 Å². The van der Waals surface area contributed by atoms with Crippen LogP contribution in [0.15, 0.2) is 89.3 Å². The highest BCUT2D eigenvalue weighted by Gasteiger charge is 2.09. The van der Waals surface area contributed by atoms with E-state index in [0.29, 0.717) is 11.4 Å². The monoisotopic (exact) mass is 367 g/mol. The number of para-hydroxylation sites is 1. The number of amides is 1. The predicted molar refractivity (Wildman–Crippen MR) is 112 cm³/mol. The molecule has 4 aromatic carbocycles. The number of carbonyl (C=O) groups is 1. The van der Waals surface area contributed by atoms with Gasteiger partial charge >= 0.3 is 0 Å². The molecule has 0 atom stereocenters. The van der Waals surface area contributed by atoms with Gasteiger partial charge < -0.3 is 14.5 Å². The van der Waals surface area contributed by atoms with Crippen LogP contribution in [0.4, 0.5) is 5.69 Å². The summed E-state index contributed by atoms with van der Waals surface area (Å²) in [6.45, 7) is -0.0531. The molecule has 0 fully saturated rings. The molecule has 0 bridgehead atoms. The quantitative estimate of drug-likeness (QED) is 0.439. The maximum Gasteiger partial charge on any atom is 0.262 e. The third-order valence-electron chi connectivity index (χ3n) is 4.75. The minimum atomic E-state index is -0.208. The van der Waals surface area contributed by atoms with Crippen molar-refractivity contribution in [1.82, 2.24) is 0 Å². The first-order valence-corrected chi connectivity index (χ1v) is 9.09. The minimum Gasteiger partial charge on any atom is -0.484 e. The molecule has 0 saturated carbocycles. The summed E-state index contributed by atoms with van der Waals surface area (Å²) in [5, 5.41) is 7.11. The number of hydrogen-bond donors (Lipinski definition) is 1. The first-order valence-electron chi connectivity index (χ1n) is 9.09. The molecule has 4 heteroatoms. The molecule has 136 valence electrons. The molecule has 0 unspecified atom stereocenters. The highest BCUT2D eigenvalue weighted by Crippen LogP contribution is 2.30. The van der Waals surface area contributed by atoms with Gasteiger partial charge in [-0.05, 0) is 47.2 Å². The Morgan fingerprint density at radius 1 is 0.786 bits per heavy atom. The standard InChI is InChI=1S/C24H17NO3/c26-24(15-27-19-11-9-16-5-1-2-6-17(16)13-19)25-18-10-12-23-21(14-18)20-7-3-4-8-22(20)28-23/h1-14H,15H2,(H,25,26). The Bertz CT molecular complexity index is 1320. The van der Waals surface area contributed by atoms with E-state index in [1.165, 1.54) is 0 Å². The van der Waals surface area contributed by atoms with Crippen molar-refractivity contribution >= 4 is 44.3 Å². The van der Waals surface area contributed by atoms with Gasteiger partial charge in [0.05, 0.1) is 0 Å². The number of ether oxygens (including phenoxy) is 1. The molecule has 0 saturated heterocycles. The number of hydrogen-bond acceptors (Lipinski definition) is 3. The summed E-state index contributed by atoms with van der Waals surface area (Å²) in [6, 6.07) is 27.3. The Kier molecular flexibility index (Phi) is 3.95. The molecule has 1 N–H and O–H groups in total. The maximum absolute atomic E-state index is 12.3. The lowest BCUT2D eigenvalue weighted by molar-refractivity contribution is -0.118. The minimum absolute atomic E-state index is 0.0531. The number of anilines is 1. The molecule has 28 heavy (non-hydrogen) atoms. The Balaban J connectivity index is 1.31. The Morgan fingerprint density at radius 2 is 1.57 bits per heavy atom. The highest BCUT2D eigenvalue weighted by atomic mass is 16.5. The largest absolute Gasteiger partial charge is 0.484 e. The van der Waals surface area contributed by atoms with Crippen LogP contribution in [-0.4, -0.2) is 12.5 Å². The summed E-state index contributed by atoms with van der Waals surface area (Å²) in [6.07, 6.45) is 0. The average Bonchev–Trinajstić information content (AvgIpc) is 3.10. The van der Waals surface area contributed by atoms with Gasteiger partial charge in [-0.1, -0.05) is 48.5 Å². The molecular formula is C24H17NO3. The van der Waals surface area contributed by atoms with E-state index in [0.717, 1.165) is 32.7 Å². The summed E-state index contributed by atoms with van der Waals surface area (Å²) in [7, 11) is 0. The third kappa shape index (κ3) is 3.05. The fourth-order valence-corrected chi connectivity index (χ4v) is 3.41. The number of fused-ring (bicyclic) bond motifs is 4. The Labute approximate surface area is 161 Å². The molecule has 0 spiro atoms. The molecule has 5 aromatic rings. The second-order valence-electron chi connectivity index (χ2n) is 6.65. The number of rotatable bonds is 4. The maximum atomic E-state index is 12.3. The van der Waals surface area contributed by atoms with Gasteiger partial charge in [-0.15, -0.1) is 0 Å². The molecule has 1 amide bonds. The van der Waals surface area contributed by atoms with E-state index >= 15 is 0 Å². The zero-order chi connectivity index (χ0) is 18.9. The zero-order valence-electron chi connectivity index (χ0n) is 15.0. The SMILES string of the molecule is O=C(COc1ccc2ccccc2c1)Nc1ccc2oc3ccccc3c2c1. The van der Waals surface area contributed by atoms with Gasteiger partial charge in [0.15, 0.2) is 6.61 Å². The predicted octanol–water partition coefficient (Wildman–Crippen LogP) is 5.76. The smallest absolute Gasteiger partial charge is 0.262 e. The van der Waals surface area contributed by atoms with Gasteiger partial charge in [-0.3, -0.25) is 4.79 Å². The summed E-state index contributed by atoms with van der Waals surface area (Å²) < 4.78 is 11.5. The van der Waals surface area contributed by atoms with Crippen molar-refractivity contribution in [3.8, 4) is 5.75 Å². The molecule has 0 aliphatic carbocycles. The normalized spacial score (nSPS) is 11.1. The van der Waals surface area contributed by atoms with Crippen LogP contribution in [-0.2, 0) is 4.79 Å². The van der Waals surface area contributed by atoms with E-state index in [9.17, 15) is 4.79 Å². The summed E-state index contributed by atoms with van der Waals surface area (Å²) in [5.74, 6) is 0.463. The summed E-state index contributed by atoms with van der Waals surface area (Å²) >= 11 is 0. The molecule has 0 aliphatic heterocycles.